The highest BCUT2D eigenvalue weighted by atomic mass is 28.3. The molecule has 0 aliphatic carbocycles. The van der Waals surface area contributed by atoms with Crippen molar-refractivity contribution in [2.45, 2.75) is 13.1 Å². The van der Waals surface area contributed by atoms with Crippen molar-refractivity contribution in [2.75, 3.05) is 6.61 Å². The highest BCUT2D eigenvalue weighted by Crippen LogP contribution is 2.00. The molecule has 0 radical (unpaired) electrons. The average molecular weight is 192 g/mol. The quantitative estimate of drug-likeness (QED) is 0.666. The standard InChI is InChI=1S/C11H16OSi/c1-13(2)12-10-6-9-11-7-4-3-5-8-11/h3-9,13H,10H2,1-2H3. The molecule has 2 heteroatoms. The molecule has 0 bridgehead atoms. The van der Waals surface area contributed by atoms with Crippen LogP contribution in [0.1, 0.15) is 5.56 Å². The van der Waals surface area contributed by atoms with Gasteiger partial charge in [0.1, 0.15) is 0 Å². The third-order valence-corrected chi connectivity index (χ3v) is 2.49. The lowest BCUT2D eigenvalue weighted by Crippen LogP contribution is -2.06. The van der Waals surface area contributed by atoms with Gasteiger partial charge in [-0.1, -0.05) is 42.5 Å². The van der Waals surface area contributed by atoms with Gasteiger partial charge in [-0.2, -0.15) is 0 Å². The van der Waals surface area contributed by atoms with Gasteiger partial charge in [0.15, 0.2) is 9.04 Å². The van der Waals surface area contributed by atoms with Gasteiger partial charge >= 0.3 is 0 Å². The second-order valence-electron chi connectivity index (χ2n) is 3.20. The molecule has 1 nitrogen and oxygen atoms in total. The van der Waals surface area contributed by atoms with Crippen LogP contribution >= 0.6 is 0 Å². The van der Waals surface area contributed by atoms with Crippen LogP contribution in [-0.2, 0) is 4.43 Å². The van der Waals surface area contributed by atoms with Crippen molar-refractivity contribution in [1.29, 1.82) is 0 Å². The van der Waals surface area contributed by atoms with E-state index < -0.39 is 9.04 Å². The van der Waals surface area contributed by atoms with E-state index in [0.29, 0.717) is 0 Å². The van der Waals surface area contributed by atoms with Crippen LogP contribution < -0.4 is 0 Å². The van der Waals surface area contributed by atoms with Crippen LogP contribution in [0.15, 0.2) is 36.4 Å². The van der Waals surface area contributed by atoms with Crippen molar-refractivity contribution in [1.82, 2.24) is 0 Å². The number of rotatable bonds is 4. The monoisotopic (exact) mass is 192 g/mol. The topological polar surface area (TPSA) is 9.23 Å². The molecule has 0 aliphatic heterocycles. The first-order valence-corrected chi connectivity index (χ1v) is 7.40. The minimum atomic E-state index is -0.847. The lowest BCUT2D eigenvalue weighted by atomic mass is 10.2. The van der Waals surface area contributed by atoms with Crippen molar-refractivity contribution in [3.05, 3.63) is 42.0 Å². The van der Waals surface area contributed by atoms with E-state index in [-0.39, 0.29) is 0 Å². The van der Waals surface area contributed by atoms with Gasteiger partial charge in [0.05, 0.1) is 6.61 Å². The van der Waals surface area contributed by atoms with E-state index >= 15 is 0 Å². The van der Waals surface area contributed by atoms with Crippen LogP contribution in [0.5, 0.6) is 0 Å². The number of hydrogen-bond donors (Lipinski definition) is 0. The molecular weight excluding hydrogens is 176 g/mol. The predicted octanol–water partition coefficient (Wildman–Crippen LogP) is 2.70. The van der Waals surface area contributed by atoms with Gasteiger partial charge in [-0.25, -0.2) is 0 Å². The van der Waals surface area contributed by atoms with Crippen LogP contribution in [0.3, 0.4) is 0 Å². The van der Waals surface area contributed by atoms with Gasteiger partial charge in [0, 0.05) is 0 Å². The Labute approximate surface area is 81.8 Å². The molecule has 0 amide bonds. The van der Waals surface area contributed by atoms with Gasteiger partial charge in [-0.15, -0.1) is 0 Å². The van der Waals surface area contributed by atoms with E-state index in [9.17, 15) is 0 Å². The van der Waals surface area contributed by atoms with Crippen LogP contribution in [0.4, 0.5) is 0 Å². The Morgan fingerprint density at radius 2 is 1.92 bits per heavy atom. The van der Waals surface area contributed by atoms with E-state index in [2.05, 4.69) is 37.4 Å². The van der Waals surface area contributed by atoms with Crippen molar-refractivity contribution in [2.24, 2.45) is 0 Å². The molecule has 13 heavy (non-hydrogen) atoms. The van der Waals surface area contributed by atoms with E-state index in [1.165, 1.54) is 5.56 Å². The lowest BCUT2D eigenvalue weighted by molar-refractivity contribution is 0.375. The molecule has 0 fully saturated rings. The summed E-state index contributed by atoms with van der Waals surface area (Å²) in [6.07, 6.45) is 4.17. The molecule has 0 atom stereocenters. The maximum absolute atomic E-state index is 5.52. The summed E-state index contributed by atoms with van der Waals surface area (Å²) >= 11 is 0. The number of hydrogen-bond acceptors (Lipinski definition) is 1. The second-order valence-corrected chi connectivity index (χ2v) is 5.63. The lowest BCUT2D eigenvalue weighted by Gasteiger charge is -2.01. The largest absolute Gasteiger partial charge is 0.417 e. The Morgan fingerprint density at radius 3 is 2.54 bits per heavy atom. The molecule has 1 aromatic rings. The first-order valence-electron chi connectivity index (χ1n) is 4.62. The molecule has 0 aliphatic rings. The third-order valence-electron chi connectivity index (χ3n) is 1.64. The Kier molecular flexibility index (Phi) is 4.50. The first-order chi connectivity index (χ1) is 6.29. The van der Waals surface area contributed by atoms with Gasteiger partial charge < -0.3 is 4.43 Å². The molecule has 1 rings (SSSR count). The van der Waals surface area contributed by atoms with Gasteiger partial charge in [0.2, 0.25) is 0 Å². The van der Waals surface area contributed by atoms with Crippen LogP contribution in [0.25, 0.3) is 6.08 Å². The molecule has 0 spiro atoms. The molecule has 0 N–H and O–H groups in total. The molecule has 0 unspecified atom stereocenters. The Hall–Kier alpha value is -0.863. The summed E-state index contributed by atoms with van der Waals surface area (Å²) in [4.78, 5) is 0. The average Bonchev–Trinajstić information content (AvgIpc) is 2.14. The maximum atomic E-state index is 5.52. The predicted molar refractivity (Wildman–Crippen MR) is 60.3 cm³/mol. The van der Waals surface area contributed by atoms with E-state index in [1.807, 2.05) is 18.2 Å². The van der Waals surface area contributed by atoms with Gasteiger partial charge in [-0.3, -0.25) is 0 Å². The third kappa shape index (κ3) is 4.65. The molecule has 0 saturated carbocycles. The zero-order valence-corrected chi connectivity index (χ0v) is 9.39. The minimum absolute atomic E-state index is 0.749. The van der Waals surface area contributed by atoms with E-state index in [0.717, 1.165) is 6.61 Å². The second kappa shape index (κ2) is 5.73. The fourth-order valence-electron chi connectivity index (χ4n) is 0.996. The normalized spacial score (nSPS) is 11.3. The van der Waals surface area contributed by atoms with E-state index in [1.54, 1.807) is 0 Å². The van der Waals surface area contributed by atoms with Crippen molar-refractivity contribution in [3.8, 4) is 0 Å². The maximum Gasteiger partial charge on any atom is 0.171 e. The van der Waals surface area contributed by atoms with Crippen molar-refractivity contribution >= 4 is 15.1 Å². The van der Waals surface area contributed by atoms with Gasteiger partial charge in [-0.05, 0) is 18.7 Å². The summed E-state index contributed by atoms with van der Waals surface area (Å²) < 4.78 is 5.52. The molecule has 0 heterocycles. The summed E-state index contributed by atoms with van der Waals surface area (Å²) in [7, 11) is -0.847. The molecular formula is C11H16OSi. The molecule has 1 aromatic carbocycles. The summed E-state index contributed by atoms with van der Waals surface area (Å²) in [6.45, 7) is 5.10. The van der Waals surface area contributed by atoms with Crippen LogP contribution in [0, 0.1) is 0 Å². The zero-order valence-electron chi connectivity index (χ0n) is 8.23. The number of benzene rings is 1. The summed E-state index contributed by atoms with van der Waals surface area (Å²) in [5.74, 6) is 0. The van der Waals surface area contributed by atoms with Crippen LogP contribution in [0.2, 0.25) is 13.1 Å². The van der Waals surface area contributed by atoms with E-state index in [4.69, 9.17) is 4.43 Å². The summed E-state index contributed by atoms with van der Waals surface area (Å²) in [5.41, 5.74) is 1.23. The highest BCUT2D eigenvalue weighted by molar-refractivity contribution is 6.48. The van der Waals surface area contributed by atoms with Crippen molar-refractivity contribution in [3.63, 3.8) is 0 Å². The SMILES string of the molecule is C[SiH](C)OCC=Cc1ccccc1. The first kappa shape index (κ1) is 10.2. The molecule has 0 saturated heterocycles. The van der Waals surface area contributed by atoms with Gasteiger partial charge in [0.25, 0.3) is 0 Å². The molecule has 0 aromatic heterocycles. The smallest absolute Gasteiger partial charge is 0.171 e. The fourth-order valence-corrected chi connectivity index (χ4v) is 1.49. The summed E-state index contributed by atoms with van der Waals surface area (Å²) in [5, 5.41) is 0. The summed E-state index contributed by atoms with van der Waals surface area (Å²) in [6, 6.07) is 10.3. The minimum Gasteiger partial charge on any atom is -0.417 e. The van der Waals surface area contributed by atoms with Crippen LogP contribution in [-0.4, -0.2) is 15.6 Å². The Balaban J connectivity index is 2.33. The Bertz CT molecular complexity index is 254. The zero-order chi connectivity index (χ0) is 9.52. The fraction of sp³-hybridized carbons (Fsp3) is 0.273. The van der Waals surface area contributed by atoms with Crippen molar-refractivity contribution < 1.29 is 4.43 Å². The Morgan fingerprint density at radius 1 is 1.23 bits per heavy atom. The molecule has 70 valence electrons. The highest BCUT2D eigenvalue weighted by Gasteiger charge is 1.90.